The molecule has 0 spiro atoms. The van der Waals surface area contributed by atoms with E-state index in [-0.39, 0.29) is 6.04 Å². The van der Waals surface area contributed by atoms with Crippen LogP contribution in [0.3, 0.4) is 0 Å². The Hall–Kier alpha value is -1.16. The summed E-state index contributed by atoms with van der Waals surface area (Å²) in [6, 6.07) is 10.1. The fourth-order valence-corrected chi connectivity index (χ4v) is 2.37. The standard InChI is InChI=1S/C14H15ClN2O/c15-11-4-2-10-3-5-12(17-13(10)8-11)14-9-18-7-1-6-16-14/h2-5,8,14,16H,1,6-7,9H2. The number of nitrogens with one attached hydrogen (secondary N) is 1. The number of fused-ring (bicyclic) bond motifs is 1. The quantitative estimate of drug-likeness (QED) is 0.858. The molecule has 0 saturated carbocycles. The molecule has 1 saturated heterocycles. The van der Waals surface area contributed by atoms with Crippen molar-refractivity contribution in [3.63, 3.8) is 0 Å². The van der Waals surface area contributed by atoms with Crippen molar-refractivity contribution in [2.75, 3.05) is 19.8 Å². The van der Waals surface area contributed by atoms with Crippen LogP contribution >= 0.6 is 11.6 Å². The third kappa shape index (κ3) is 2.48. The van der Waals surface area contributed by atoms with E-state index in [2.05, 4.69) is 22.4 Å². The lowest BCUT2D eigenvalue weighted by atomic mass is 10.1. The van der Waals surface area contributed by atoms with Crippen LogP contribution in [0.15, 0.2) is 30.3 Å². The molecule has 3 nitrogen and oxygen atoms in total. The third-order valence-corrected chi connectivity index (χ3v) is 3.41. The normalized spacial score (nSPS) is 20.8. The van der Waals surface area contributed by atoms with Crippen LogP contribution in [0.4, 0.5) is 0 Å². The van der Waals surface area contributed by atoms with Gasteiger partial charge in [-0.05, 0) is 31.2 Å². The van der Waals surface area contributed by atoms with Crippen molar-refractivity contribution in [1.82, 2.24) is 10.3 Å². The molecule has 1 unspecified atom stereocenters. The van der Waals surface area contributed by atoms with Gasteiger partial charge in [0, 0.05) is 17.0 Å². The Morgan fingerprint density at radius 3 is 3.11 bits per heavy atom. The van der Waals surface area contributed by atoms with Gasteiger partial charge < -0.3 is 10.1 Å². The van der Waals surface area contributed by atoms with E-state index in [0.717, 1.165) is 41.2 Å². The summed E-state index contributed by atoms with van der Waals surface area (Å²) in [5.41, 5.74) is 1.96. The number of pyridine rings is 1. The van der Waals surface area contributed by atoms with Gasteiger partial charge in [0.15, 0.2) is 0 Å². The summed E-state index contributed by atoms with van der Waals surface area (Å²) in [6.07, 6.45) is 1.05. The Bertz CT molecular complexity index is 550. The third-order valence-electron chi connectivity index (χ3n) is 3.17. The average molecular weight is 263 g/mol. The van der Waals surface area contributed by atoms with Crippen LogP contribution in [-0.2, 0) is 4.74 Å². The lowest BCUT2D eigenvalue weighted by molar-refractivity contribution is 0.131. The van der Waals surface area contributed by atoms with E-state index in [1.54, 1.807) is 0 Å². The van der Waals surface area contributed by atoms with Crippen LogP contribution in [0.2, 0.25) is 5.02 Å². The molecule has 94 valence electrons. The molecule has 1 aliphatic rings. The lowest BCUT2D eigenvalue weighted by Crippen LogP contribution is -2.24. The van der Waals surface area contributed by atoms with Crippen LogP contribution < -0.4 is 5.32 Å². The molecular weight excluding hydrogens is 248 g/mol. The molecule has 0 aliphatic carbocycles. The van der Waals surface area contributed by atoms with Gasteiger partial charge in [-0.1, -0.05) is 23.7 Å². The number of ether oxygens (including phenoxy) is 1. The van der Waals surface area contributed by atoms with Gasteiger partial charge in [0.25, 0.3) is 0 Å². The molecule has 18 heavy (non-hydrogen) atoms. The zero-order valence-electron chi connectivity index (χ0n) is 10.0. The van der Waals surface area contributed by atoms with Crippen molar-refractivity contribution in [2.24, 2.45) is 0 Å². The number of benzene rings is 1. The van der Waals surface area contributed by atoms with Crippen LogP contribution in [0.25, 0.3) is 10.9 Å². The highest BCUT2D eigenvalue weighted by Gasteiger charge is 2.15. The Kier molecular flexibility index (Phi) is 3.46. The minimum absolute atomic E-state index is 0.177. The molecule has 0 amide bonds. The molecule has 1 aromatic carbocycles. The molecule has 2 aromatic rings. The van der Waals surface area contributed by atoms with Gasteiger partial charge in [-0.15, -0.1) is 0 Å². The van der Waals surface area contributed by atoms with Gasteiger partial charge in [0.2, 0.25) is 0 Å². The second-order valence-electron chi connectivity index (χ2n) is 4.51. The average Bonchev–Trinajstić information content (AvgIpc) is 2.66. The highest BCUT2D eigenvalue weighted by Crippen LogP contribution is 2.21. The highest BCUT2D eigenvalue weighted by atomic mass is 35.5. The molecule has 0 bridgehead atoms. The largest absolute Gasteiger partial charge is 0.379 e. The first kappa shape index (κ1) is 11.9. The van der Waals surface area contributed by atoms with E-state index >= 15 is 0 Å². The summed E-state index contributed by atoms with van der Waals surface area (Å²) >= 11 is 6.00. The van der Waals surface area contributed by atoms with Crippen LogP contribution in [0, 0.1) is 0 Å². The molecule has 2 heterocycles. The molecule has 1 fully saturated rings. The summed E-state index contributed by atoms with van der Waals surface area (Å²) in [6.45, 7) is 2.47. The van der Waals surface area contributed by atoms with Gasteiger partial charge in [-0.2, -0.15) is 0 Å². The highest BCUT2D eigenvalue weighted by molar-refractivity contribution is 6.31. The number of nitrogens with zero attached hydrogens (tertiary/aromatic N) is 1. The van der Waals surface area contributed by atoms with Crippen molar-refractivity contribution < 1.29 is 4.74 Å². The van der Waals surface area contributed by atoms with Crippen molar-refractivity contribution in [1.29, 1.82) is 0 Å². The van der Waals surface area contributed by atoms with Crippen molar-refractivity contribution in [3.8, 4) is 0 Å². The van der Waals surface area contributed by atoms with E-state index in [0.29, 0.717) is 6.61 Å². The molecule has 4 heteroatoms. The van der Waals surface area contributed by atoms with E-state index in [1.807, 2.05) is 18.2 Å². The van der Waals surface area contributed by atoms with Crippen molar-refractivity contribution in [3.05, 3.63) is 41.0 Å². The number of halogens is 1. The van der Waals surface area contributed by atoms with E-state index < -0.39 is 0 Å². The summed E-state index contributed by atoms with van der Waals surface area (Å²) in [4.78, 5) is 4.67. The van der Waals surface area contributed by atoms with E-state index in [4.69, 9.17) is 16.3 Å². The second kappa shape index (κ2) is 5.22. The fraction of sp³-hybridized carbons (Fsp3) is 0.357. The van der Waals surface area contributed by atoms with Gasteiger partial charge in [-0.25, -0.2) is 0 Å². The smallest absolute Gasteiger partial charge is 0.0733 e. The molecule has 0 radical (unpaired) electrons. The van der Waals surface area contributed by atoms with Gasteiger partial charge in [0.1, 0.15) is 0 Å². The minimum atomic E-state index is 0.177. The fourth-order valence-electron chi connectivity index (χ4n) is 2.20. The second-order valence-corrected chi connectivity index (χ2v) is 4.94. The van der Waals surface area contributed by atoms with Crippen LogP contribution in [0.5, 0.6) is 0 Å². The topological polar surface area (TPSA) is 34.1 Å². The van der Waals surface area contributed by atoms with Crippen LogP contribution in [-0.4, -0.2) is 24.7 Å². The molecule has 1 N–H and O–H groups in total. The summed E-state index contributed by atoms with van der Waals surface area (Å²) in [5.74, 6) is 0. The van der Waals surface area contributed by atoms with Crippen LogP contribution in [0.1, 0.15) is 18.2 Å². The number of rotatable bonds is 1. The van der Waals surface area contributed by atoms with E-state index in [9.17, 15) is 0 Å². The minimum Gasteiger partial charge on any atom is -0.379 e. The van der Waals surface area contributed by atoms with Gasteiger partial charge >= 0.3 is 0 Å². The predicted molar refractivity (Wildman–Crippen MR) is 72.9 cm³/mol. The van der Waals surface area contributed by atoms with Crippen molar-refractivity contribution in [2.45, 2.75) is 12.5 Å². The molecule has 1 aliphatic heterocycles. The number of hydrogen-bond donors (Lipinski definition) is 1. The molecule has 3 rings (SSSR count). The monoisotopic (exact) mass is 262 g/mol. The first-order valence-corrected chi connectivity index (χ1v) is 6.58. The number of aromatic nitrogens is 1. The first-order valence-electron chi connectivity index (χ1n) is 6.20. The first-order chi connectivity index (χ1) is 8.83. The maximum atomic E-state index is 6.00. The SMILES string of the molecule is Clc1ccc2ccc(C3COCCCN3)nc2c1. The molecule has 1 aromatic heterocycles. The Morgan fingerprint density at radius 1 is 1.28 bits per heavy atom. The van der Waals surface area contributed by atoms with Crippen molar-refractivity contribution >= 4 is 22.5 Å². The maximum absolute atomic E-state index is 6.00. The Morgan fingerprint density at radius 2 is 2.17 bits per heavy atom. The zero-order chi connectivity index (χ0) is 12.4. The summed E-state index contributed by atoms with van der Waals surface area (Å²) < 4.78 is 5.57. The lowest BCUT2D eigenvalue weighted by Gasteiger charge is -2.15. The predicted octanol–water partition coefficient (Wildman–Crippen LogP) is 2.94. The van der Waals surface area contributed by atoms with Gasteiger partial charge in [-0.3, -0.25) is 4.98 Å². The Labute approximate surface area is 111 Å². The molecular formula is C14H15ClN2O. The maximum Gasteiger partial charge on any atom is 0.0733 e. The summed E-state index contributed by atoms with van der Waals surface area (Å²) in [7, 11) is 0. The van der Waals surface area contributed by atoms with E-state index in [1.165, 1.54) is 0 Å². The molecule has 1 atom stereocenters. The Balaban J connectivity index is 1.96. The zero-order valence-corrected chi connectivity index (χ0v) is 10.8. The van der Waals surface area contributed by atoms with Gasteiger partial charge in [0.05, 0.1) is 23.9 Å². The number of hydrogen-bond acceptors (Lipinski definition) is 3. The summed E-state index contributed by atoms with van der Waals surface area (Å²) in [5, 5.41) is 5.29.